The molecule has 0 aromatic carbocycles. The van der Waals surface area contributed by atoms with Crippen molar-refractivity contribution in [1.29, 1.82) is 0 Å². The summed E-state index contributed by atoms with van der Waals surface area (Å²) in [5, 5.41) is 12.5. The first-order valence-corrected chi connectivity index (χ1v) is 7.86. The van der Waals surface area contributed by atoms with Crippen LogP contribution in [-0.2, 0) is 18.3 Å². The minimum Gasteiger partial charge on any atom is -0.847 e. The number of imidazole rings is 1. The zero-order valence-electron chi connectivity index (χ0n) is 12.0. The summed E-state index contributed by atoms with van der Waals surface area (Å²) >= 11 is 0. The third-order valence-electron chi connectivity index (χ3n) is 3.60. The van der Waals surface area contributed by atoms with Gasteiger partial charge in [-0.1, -0.05) is 0 Å². The molecule has 0 saturated carbocycles. The van der Waals surface area contributed by atoms with Gasteiger partial charge in [-0.3, -0.25) is 13.6 Å². The Morgan fingerprint density at radius 3 is 3.00 bits per heavy atom. The van der Waals surface area contributed by atoms with Crippen LogP contribution < -0.4 is 40.4 Å². The van der Waals surface area contributed by atoms with Crippen molar-refractivity contribution in [2.45, 2.75) is 24.5 Å². The summed E-state index contributed by atoms with van der Waals surface area (Å²) in [6, 6.07) is 0. The number of hydrogen-bond acceptors (Lipinski definition) is 9. The third-order valence-corrected chi connectivity index (χ3v) is 4.59. The third kappa shape index (κ3) is 2.82. The fourth-order valence-electron chi connectivity index (χ4n) is 2.60. The predicted octanol–water partition coefficient (Wildman–Crippen LogP) is -4.45. The van der Waals surface area contributed by atoms with E-state index in [1.807, 2.05) is 0 Å². The Morgan fingerprint density at radius 2 is 2.22 bits per heavy atom. The molecule has 0 radical (unpaired) electrons. The normalized spacial score (nSPS) is 36.6. The Morgan fingerprint density at radius 1 is 1.43 bits per heavy atom. The summed E-state index contributed by atoms with van der Waals surface area (Å²) in [7, 11) is -4.20. The molecule has 4 rings (SSSR count). The molecule has 3 N–H and O–H groups in total. The van der Waals surface area contributed by atoms with Gasteiger partial charge in [0.1, 0.15) is 24.2 Å². The molecule has 2 aliphatic rings. The molecule has 4 heterocycles. The summed E-state index contributed by atoms with van der Waals surface area (Å²) in [6.07, 6.45) is -1.66. The maximum atomic E-state index is 12.5. The summed E-state index contributed by atoms with van der Waals surface area (Å²) in [4.78, 5) is 21.2. The van der Waals surface area contributed by atoms with E-state index in [1.54, 1.807) is 0 Å². The van der Waals surface area contributed by atoms with E-state index in [-0.39, 0.29) is 42.0 Å². The quantitative estimate of drug-likeness (QED) is 0.379. The van der Waals surface area contributed by atoms with Gasteiger partial charge in [-0.05, 0) is 6.10 Å². The van der Waals surface area contributed by atoms with E-state index in [2.05, 4.69) is 19.5 Å². The first kappa shape index (κ1) is 17.2. The average molecular weight is 351 g/mol. The number of nitrogens with zero attached hydrogens (tertiary/aromatic N) is 4. The molecule has 13 heteroatoms. The molecule has 118 valence electrons. The van der Waals surface area contributed by atoms with E-state index in [1.165, 1.54) is 17.2 Å². The van der Waals surface area contributed by atoms with Gasteiger partial charge in [-0.2, -0.15) is 0 Å². The van der Waals surface area contributed by atoms with E-state index in [0.717, 1.165) is 0 Å². The molecule has 2 aromatic rings. The van der Waals surface area contributed by atoms with Gasteiger partial charge in [0.25, 0.3) is 0 Å². The Hall–Kier alpha value is -0.620. The van der Waals surface area contributed by atoms with Gasteiger partial charge in [0.15, 0.2) is 11.5 Å². The van der Waals surface area contributed by atoms with Gasteiger partial charge in [0.2, 0.25) is 0 Å². The summed E-state index contributed by atoms with van der Waals surface area (Å²) in [5.74, 6) is 0.182. The van der Waals surface area contributed by atoms with E-state index < -0.39 is 32.4 Å². The average Bonchev–Trinajstić information content (AvgIpc) is 3.01. The summed E-state index contributed by atoms with van der Waals surface area (Å²) in [6.45, 7) is -0.197. The number of nitrogens with two attached hydrogens (primary N) is 1. The van der Waals surface area contributed by atoms with Crippen LogP contribution in [0.25, 0.3) is 11.2 Å². The molecule has 0 aliphatic carbocycles. The summed E-state index contributed by atoms with van der Waals surface area (Å²) < 4.78 is 27.9. The number of phosphoric acid groups is 1. The SMILES string of the molecule is Nc1ncnc2c1ncn2C1OC2COP(=O)(O)OC2C1[O-].[Na+]. The number of phosphoric ester groups is 1. The first-order valence-electron chi connectivity index (χ1n) is 6.36. The standard InChI is InChI=1S/C10H11N5O6P.Na/c11-8-5-9(13-2-12-8)15(3-14-5)10-6(16)7-4(20-10)1-19-22(17,18)21-7;/h2-4,6-7,10H,1H2,(H,17,18)(H2,11,12,13);/q-1;+1. The van der Waals surface area contributed by atoms with Crippen molar-refractivity contribution in [3.05, 3.63) is 12.7 Å². The minimum atomic E-state index is -4.20. The van der Waals surface area contributed by atoms with Crippen LogP contribution in [0.4, 0.5) is 5.82 Å². The predicted molar refractivity (Wildman–Crippen MR) is 68.1 cm³/mol. The van der Waals surface area contributed by atoms with Crippen LogP contribution in [0.1, 0.15) is 6.23 Å². The van der Waals surface area contributed by atoms with Gasteiger partial charge >= 0.3 is 37.4 Å². The van der Waals surface area contributed by atoms with Crippen molar-refractivity contribution >= 4 is 24.8 Å². The van der Waals surface area contributed by atoms with E-state index in [9.17, 15) is 14.6 Å². The fraction of sp³-hybridized carbons (Fsp3) is 0.500. The molecular formula is C10H11N5NaO6P. The van der Waals surface area contributed by atoms with E-state index >= 15 is 0 Å². The molecule has 0 amide bonds. The number of anilines is 1. The Kier molecular flexibility index (Phi) is 4.51. The number of rotatable bonds is 1. The Labute approximate surface area is 151 Å². The van der Waals surface area contributed by atoms with Crippen molar-refractivity contribution in [3.63, 3.8) is 0 Å². The maximum absolute atomic E-state index is 12.5. The molecule has 11 nitrogen and oxygen atoms in total. The molecule has 2 aliphatic heterocycles. The van der Waals surface area contributed by atoms with Crippen molar-refractivity contribution in [2.24, 2.45) is 0 Å². The van der Waals surface area contributed by atoms with Gasteiger partial charge in [-0.25, -0.2) is 19.5 Å². The van der Waals surface area contributed by atoms with Gasteiger partial charge in [-0.15, -0.1) is 0 Å². The smallest absolute Gasteiger partial charge is 0.847 e. The molecule has 2 aromatic heterocycles. The molecular weight excluding hydrogens is 340 g/mol. The monoisotopic (exact) mass is 351 g/mol. The van der Waals surface area contributed by atoms with Crippen LogP contribution >= 0.6 is 7.82 Å². The number of aromatic nitrogens is 4. The van der Waals surface area contributed by atoms with Crippen LogP contribution in [0, 0.1) is 0 Å². The van der Waals surface area contributed by atoms with Crippen molar-refractivity contribution in [2.75, 3.05) is 12.3 Å². The zero-order valence-corrected chi connectivity index (χ0v) is 14.9. The number of nitrogen functional groups attached to an aromatic ring is 1. The molecule has 23 heavy (non-hydrogen) atoms. The molecule has 2 fully saturated rings. The zero-order chi connectivity index (χ0) is 15.5. The topological polar surface area (TPSA) is 158 Å². The second kappa shape index (κ2) is 6.03. The second-order valence-corrected chi connectivity index (χ2v) is 6.35. The fourth-order valence-corrected chi connectivity index (χ4v) is 3.56. The molecule has 5 atom stereocenters. The molecule has 0 bridgehead atoms. The molecule has 0 spiro atoms. The Bertz CT molecular complexity index is 788. The van der Waals surface area contributed by atoms with Crippen molar-refractivity contribution < 1.29 is 57.9 Å². The van der Waals surface area contributed by atoms with Gasteiger partial charge < -0.3 is 20.5 Å². The van der Waals surface area contributed by atoms with Crippen molar-refractivity contribution in [3.8, 4) is 0 Å². The van der Waals surface area contributed by atoms with Crippen LogP contribution in [0.3, 0.4) is 0 Å². The van der Waals surface area contributed by atoms with Crippen molar-refractivity contribution in [1.82, 2.24) is 19.5 Å². The van der Waals surface area contributed by atoms with Crippen LogP contribution in [0.2, 0.25) is 0 Å². The van der Waals surface area contributed by atoms with Crippen LogP contribution in [0.15, 0.2) is 12.7 Å². The first-order chi connectivity index (χ1) is 10.5. The van der Waals surface area contributed by atoms with Crippen LogP contribution in [-0.4, -0.2) is 49.3 Å². The number of hydrogen-bond donors (Lipinski definition) is 2. The minimum absolute atomic E-state index is 0. The number of ether oxygens (including phenoxy) is 1. The van der Waals surface area contributed by atoms with E-state index in [4.69, 9.17) is 15.0 Å². The number of fused-ring (bicyclic) bond motifs is 2. The van der Waals surface area contributed by atoms with Crippen LogP contribution in [0.5, 0.6) is 0 Å². The largest absolute Gasteiger partial charge is 1.00 e. The summed E-state index contributed by atoms with van der Waals surface area (Å²) in [5.41, 5.74) is 6.38. The van der Waals surface area contributed by atoms with Gasteiger partial charge in [0, 0.05) is 0 Å². The maximum Gasteiger partial charge on any atom is 1.00 e. The second-order valence-electron chi connectivity index (χ2n) is 4.95. The van der Waals surface area contributed by atoms with Gasteiger partial charge in [0.05, 0.1) is 19.0 Å². The van der Waals surface area contributed by atoms with E-state index in [0.29, 0.717) is 11.2 Å². The molecule has 2 saturated heterocycles. The molecule has 5 unspecified atom stereocenters. The Balaban J connectivity index is 0.00000156.